The Labute approximate surface area is 82.9 Å². The Balaban J connectivity index is 2.29. The van der Waals surface area contributed by atoms with E-state index < -0.39 is 0 Å². The number of rotatable bonds is 1. The van der Waals surface area contributed by atoms with Crippen molar-refractivity contribution >= 4 is 5.69 Å². The average molecular weight is 193 g/mol. The Morgan fingerprint density at radius 2 is 2.43 bits per heavy atom. The van der Waals surface area contributed by atoms with Crippen LogP contribution in [0.3, 0.4) is 0 Å². The Morgan fingerprint density at radius 3 is 3.14 bits per heavy atom. The van der Waals surface area contributed by atoms with Crippen LogP contribution in [0.25, 0.3) is 0 Å². The lowest BCUT2D eigenvalue weighted by Gasteiger charge is -2.35. The van der Waals surface area contributed by atoms with Crippen molar-refractivity contribution in [2.24, 2.45) is 0 Å². The minimum absolute atomic E-state index is 0.0949. The molecule has 14 heavy (non-hydrogen) atoms. The second-order valence-electron chi connectivity index (χ2n) is 3.64. The van der Waals surface area contributed by atoms with Crippen LogP contribution in [0.2, 0.25) is 0 Å². The van der Waals surface area contributed by atoms with Gasteiger partial charge in [0.05, 0.1) is 0 Å². The molecule has 0 bridgehead atoms. The summed E-state index contributed by atoms with van der Waals surface area (Å²) in [5, 5.41) is 3.30. The van der Waals surface area contributed by atoms with E-state index in [2.05, 4.69) is 22.1 Å². The van der Waals surface area contributed by atoms with E-state index in [4.69, 9.17) is 0 Å². The Bertz CT molecular complexity index is 360. The van der Waals surface area contributed by atoms with Crippen LogP contribution in [-0.2, 0) is 0 Å². The highest BCUT2D eigenvalue weighted by molar-refractivity contribution is 5.45. The van der Waals surface area contributed by atoms with Crippen LogP contribution in [0, 0.1) is 0 Å². The molecule has 0 spiro atoms. The van der Waals surface area contributed by atoms with Gasteiger partial charge in [-0.1, -0.05) is 0 Å². The van der Waals surface area contributed by atoms with Crippen LogP contribution in [-0.4, -0.2) is 30.7 Å². The molecule has 1 unspecified atom stereocenters. The van der Waals surface area contributed by atoms with Gasteiger partial charge in [-0.15, -0.1) is 0 Å². The maximum atomic E-state index is 11.6. The van der Waals surface area contributed by atoms with Crippen LogP contribution in [0.1, 0.15) is 6.92 Å². The molecule has 1 atom stereocenters. The van der Waals surface area contributed by atoms with Crippen LogP contribution in [0.15, 0.2) is 23.3 Å². The van der Waals surface area contributed by atoms with Crippen molar-refractivity contribution in [2.75, 3.05) is 24.5 Å². The number of piperazine rings is 1. The van der Waals surface area contributed by atoms with Gasteiger partial charge in [0.2, 0.25) is 5.43 Å². The third-order valence-corrected chi connectivity index (χ3v) is 2.61. The number of aromatic amines is 1. The van der Waals surface area contributed by atoms with E-state index in [1.165, 1.54) is 0 Å². The minimum Gasteiger partial charge on any atom is -0.366 e. The third kappa shape index (κ3) is 1.65. The quantitative estimate of drug-likeness (QED) is 0.668. The minimum atomic E-state index is 0.0949. The summed E-state index contributed by atoms with van der Waals surface area (Å²) in [7, 11) is 0. The van der Waals surface area contributed by atoms with E-state index in [0.717, 1.165) is 25.3 Å². The summed E-state index contributed by atoms with van der Waals surface area (Å²) in [4.78, 5) is 16.7. The molecular formula is C10H15N3O. The maximum absolute atomic E-state index is 11.6. The van der Waals surface area contributed by atoms with Gasteiger partial charge < -0.3 is 15.2 Å². The largest absolute Gasteiger partial charge is 0.366 e. The molecule has 1 aliphatic heterocycles. The van der Waals surface area contributed by atoms with Gasteiger partial charge in [-0.3, -0.25) is 4.79 Å². The van der Waals surface area contributed by atoms with E-state index in [-0.39, 0.29) is 5.43 Å². The van der Waals surface area contributed by atoms with E-state index in [1.807, 2.05) is 0 Å². The smallest absolute Gasteiger partial charge is 0.204 e. The number of H-pyrrole nitrogens is 1. The number of aromatic nitrogens is 1. The first-order valence-corrected chi connectivity index (χ1v) is 4.93. The highest BCUT2D eigenvalue weighted by atomic mass is 16.1. The Hall–Kier alpha value is -1.29. The molecule has 0 radical (unpaired) electrons. The lowest BCUT2D eigenvalue weighted by Crippen LogP contribution is -2.51. The van der Waals surface area contributed by atoms with Gasteiger partial charge in [0.15, 0.2) is 0 Å². The fraction of sp³-hybridized carbons (Fsp3) is 0.500. The highest BCUT2D eigenvalue weighted by Crippen LogP contribution is 2.11. The van der Waals surface area contributed by atoms with Crippen molar-refractivity contribution in [3.63, 3.8) is 0 Å². The summed E-state index contributed by atoms with van der Waals surface area (Å²) in [6.45, 7) is 4.90. The first kappa shape index (κ1) is 9.27. The van der Waals surface area contributed by atoms with Gasteiger partial charge in [-0.25, -0.2) is 0 Å². The summed E-state index contributed by atoms with van der Waals surface area (Å²) < 4.78 is 0. The van der Waals surface area contributed by atoms with Crippen molar-refractivity contribution < 1.29 is 0 Å². The van der Waals surface area contributed by atoms with Gasteiger partial charge in [-0.2, -0.15) is 0 Å². The summed E-state index contributed by atoms with van der Waals surface area (Å²) in [6, 6.07) is 1.96. The van der Waals surface area contributed by atoms with Gasteiger partial charge in [0, 0.05) is 44.1 Å². The fourth-order valence-corrected chi connectivity index (χ4v) is 1.83. The molecule has 1 saturated heterocycles. The van der Waals surface area contributed by atoms with Gasteiger partial charge in [0.25, 0.3) is 0 Å². The molecule has 1 aromatic rings. The SMILES string of the molecule is CC1CNCCN1c1c[nH]ccc1=O. The van der Waals surface area contributed by atoms with E-state index in [9.17, 15) is 4.79 Å². The van der Waals surface area contributed by atoms with Crippen LogP contribution in [0.4, 0.5) is 5.69 Å². The molecule has 4 heteroatoms. The molecule has 0 aromatic carbocycles. The summed E-state index contributed by atoms with van der Waals surface area (Å²) in [6.07, 6.45) is 3.45. The zero-order chi connectivity index (χ0) is 9.97. The Kier molecular flexibility index (Phi) is 2.54. The molecule has 76 valence electrons. The van der Waals surface area contributed by atoms with Crippen LogP contribution in [0.5, 0.6) is 0 Å². The van der Waals surface area contributed by atoms with Crippen molar-refractivity contribution in [3.8, 4) is 0 Å². The van der Waals surface area contributed by atoms with Gasteiger partial charge in [0.1, 0.15) is 5.69 Å². The number of nitrogens with one attached hydrogen (secondary N) is 2. The zero-order valence-electron chi connectivity index (χ0n) is 8.29. The highest BCUT2D eigenvalue weighted by Gasteiger charge is 2.19. The first-order chi connectivity index (χ1) is 6.79. The normalized spacial score (nSPS) is 22.4. The molecule has 2 rings (SSSR count). The number of pyridine rings is 1. The predicted octanol–water partition coefficient (Wildman–Crippen LogP) is 0.173. The van der Waals surface area contributed by atoms with Crippen LogP contribution < -0.4 is 15.6 Å². The lowest BCUT2D eigenvalue weighted by molar-refractivity contribution is 0.499. The van der Waals surface area contributed by atoms with Crippen molar-refractivity contribution in [1.82, 2.24) is 10.3 Å². The molecule has 0 saturated carbocycles. The number of nitrogens with zero attached hydrogens (tertiary/aromatic N) is 1. The maximum Gasteiger partial charge on any atom is 0.204 e. The standard InChI is InChI=1S/C10H15N3O/c1-8-6-12-4-5-13(8)9-7-11-3-2-10(9)14/h2-3,7-8,12H,4-6H2,1H3,(H,11,14). The predicted molar refractivity (Wildman–Crippen MR) is 56.7 cm³/mol. The van der Waals surface area contributed by atoms with Crippen molar-refractivity contribution in [1.29, 1.82) is 0 Å². The van der Waals surface area contributed by atoms with Gasteiger partial charge >= 0.3 is 0 Å². The fourth-order valence-electron chi connectivity index (χ4n) is 1.83. The summed E-state index contributed by atoms with van der Waals surface area (Å²) >= 11 is 0. The molecule has 0 aliphatic carbocycles. The first-order valence-electron chi connectivity index (χ1n) is 4.93. The molecule has 2 heterocycles. The number of hydrogen-bond donors (Lipinski definition) is 2. The topological polar surface area (TPSA) is 48.1 Å². The molecular weight excluding hydrogens is 178 g/mol. The number of anilines is 1. The molecule has 0 amide bonds. The van der Waals surface area contributed by atoms with Gasteiger partial charge in [-0.05, 0) is 6.92 Å². The average Bonchev–Trinajstić information content (AvgIpc) is 2.20. The van der Waals surface area contributed by atoms with Crippen LogP contribution >= 0.6 is 0 Å². The molecule has 1 aliphatic rings. The molecule has 1 aromatic heterocycles. The van der Waals surface area contributed by atoms with E-state index in [1.54, 1.807) is 18.5 Å². The second-order valence-corrected chi connectivity index (χ2v) is 3.64. The van der Waals surface area contributed by atoms with Crippen molar-refractivity contribution in [2.45, 2.75) is 13.0 Å². The van der Waals surface area contributed by atoms with E-state index >= 15 is 0 Å². The Morgan fingerprint density at radius 1 is 1.57 bits per heavy atom. The lowest BCUT2D eigenvalue weighted by atomic mass is 10.2. The third-order valence-electron chi connectivity index (χ3n) is 2.61. The second kappa shape index (κ2) is 3.84. The zero-order valence-corrected chi connectivity index (χ0v) is 8.29. The number of hydrogen-bond acceptors (Lipinski definition) is 3. The molecule has 2 N–H and O–H groups in total. The summed E-state index contributed by atoms with van der Waals surface area (Å²) in [5.41, 5.74) is 0.874. The van der Waals surface area contributed by atoms with Crippen molar-refractivity contribution in [3.05, 3.63) is 28.7 Å². The monoisotopic (exact) mass is 193 g/mol. The van der Waals surface area contributed by atoms with E-state index in [0.29, 0.717) is 6.04 Å². The summed E-state index contributed by atoms with van der Waals surface area (Å²) in [5.74, 6) is 0. The molecule has 1 fully saturated rings. The molecule has 4 nitrogen and oxygen atoms in total.